The topological polar surface area (TPSA) is 41.6 Å². The number of benzene rings is 2. The van der Waals surface area contributed by atoms with Gasteiger partial charge in [0.15, 0.2) is 0 Å². The van der Waals surface area contributed by atoms with Gasteiger partial charge < -0.3 is 10.1 Å². The Hall–Kier alpha value is -1.85. The lowest BCUT2D eigenvalue weighted by molar-refractivity contribution is -0.122. The SMILES string of the molecule is COc1ccc(Br)cc1CN(C)CC(=O)NC(C)c1ccccc1. The summed E-state index contributed by atoms with van der Waals surface area (Å²) in [5.74, 6) is 0.825. The molecular weight excluding hydrogens is 368 g/mol. The van der Waals surface area contributed by atoms with Crippen molar-refractivity contribution in [1.82, 2.24) is 10.2 Å². The van der Waals surface area contributed by atoms with E-state index in [2.05, 4.69) is 21.2 Å². The number of nitrogens with one attached hydrogen (secondary N) is 1. The molecule has 2 rings (SSSR count). The maximum absolute atomic E-state index is 12.3. The number of nitrogens with zero attached hydrogens (tertiary/aromatic N) is 1. The minimum Gasteiger partial charge on any atom is -0.496 e. The number of carbonyl (C=O) groups excluding carboxylic acids is 1. The lowest BCUT2D eigenvalue weighted by Crippen LogP contribution is -2.36. The zero-order valence-electron chi connectivity index (χ0n) is 14.3. The van der Waals surface area contributed by atoms with E-state index in [0.29, 0.717) is 13.1 Å². The molecule has 1 N–H and O–H groups in total. The van der Waals surface area contributed by atoms with Crippen LogP contribution in [0.2, 0.25) is 0 Å². The summed E-state index contributed by atoms with van der Waals surface area (Å²) in [6.45, 7) is 2.95. The molecule has 0 saturated heterocycles. The first-order chi connectivity index (χ1) is 11.5. The third kappa shape index (κ3) is 5.35. The van der Waals surface area contributed by atoms with Crippen molar-refractivity contribution in [2.24, 2.45) is 0 Å². The maximum Gasteiger partial charge on any atom is 0.234 e. The maximum atomic E-state index is 12.3. The Labute approximate surface area is 151 Å². The Morgan fingerprint density at radius 2 is 1.96 bits per heavy atom. The Morgan fingerprint density at radius 3 is 2.62 bits per heavy atom. The molecule has 0 aliphatic heterocycles. The van der Waals surface area contributed by atoms with E-state index in [0.717, 1.165) is 21.3 Å². The first kappa shape index (κ1) is 18.5. The van der Waals surface area contributed by atoms with Crippen molar-refractivity contribution in [1.29, 1.82) is 0 Å². The van der Waals surface area contributed by atoms with Crippen LogP contribution in [0.15, 0.2) is 53.0 Å². The highest BCUT2D eigenvalue weighted by molar-refractivity contribution is 9.10. The molecule has 0 aliphatic carbocycles. The number of carbonyl (C=O) groups is 1. The minimum absolute atomic E-state index is 0.00261. The third-order valence-corrected chi connectivity index (χ3v) is 4.27. The Bertz CT molecular complexity index is 676. The van der Waals surface area contributed by atoms with Crippen LogP contribution in [-0.2, 0) is 11.3 Å². The van der Waals surface area contributed by atoms with E-state index in [-0.39, 0.29) is 11.9 Å². The van der Waals surface area contributed by atoms with Gasteiger partial charge in [-0.3, -0.25) is 9.69 Å². The second-order valence-electron chi connectivity index (χ2n) is 5.83. The Balaban J connectivity index is 1.91. The van der Waals surface area contributed by atoms with Crippen molar-refractivity contribution in [3.63, 3.8) is 0 Å². The predicted octanol–water partition coefficient (Wildman–Crippen LogP) is 3.77. The van der Waals surface area contributed by atoms with E-state index in [1.54, 1.807) is 7.11 Å². The smallest absolute Gasteiger partial charge is 0.234 e. The molecule has 0 spiro atoms. The van der Waals surface area contributed by atoms with Crippen LogP contribution in [0, 0.1) is 0 Å². The molecule has 0 heterocycles. The number of amides is 1. The number of methoxy groups -OCH3 is 1. The number of likely N-dealkylation sites (N-methyl/N-ethyl adjacent to an activating group) is 1. The van der Waals surface area contributed by atoms with Gasteiger partial charge in [-0.25, -0.2) is 0 Å². The molecule has 4 nitrogen and oxygen atoms in total. The summed E-state index contributed by atoms with van der Waals surface area (Å²) < 4.78 is 6.37. The molecule has 1 atom stereocenters. The number of rotatable bonds is 7. The standard InChI is InChI=1S/C19H23BrN2O2/c1-14(15-7-5-4-6-8-15)21-19(23)13-22(2)12-16-11-17(20)9-10-18(16)24-3/h4-11,14H,12-13H2,1-3H3,(H,21,23). The highest BCUT2D eigenvalue weighted by Gasteiger charge is 2.13. The second kappa shape index (κ2) is 8.85. The highest BCUT2D eigenvalue weighted by Crippen LogP contribution is 2.24. The number of hydrogen-bond donors (Lipinski definition) is 1. The second-order valence-corrected chi connectivity index (χ2v) is 6.74. The first-order valence-electron chi connectivity index (χ1n) is 7.85. The van der Waals surface area contributed by atoms with Gasteiger partial charge in [0.1, 0.15) is 5.75 Å². The van der Waals surface area contributed by atoms with Gasteiger partial charge in [0.25, 0.3) is 0 Å². The molecule has 5 heteroatoms. The Morgan fingerprint density at radius 1 is 1.25 bits per heavy atom. The van der Waals surface area contributed by atoms with Crippen molar-refractivity contribution in [3.8, 4) is 5.75 Å². The lowest BCUT2D eigenvalue weighted by atomic mass is 10.1. The van der Waals surface area contributed by atoms with Gasteiger partial charge in [-0.2, -0.15) is 0 Å². The zero-order chi connectivity index (χ0) is 17.5. The van der Waals surface area contributed by atoms with Crippen LogP contribution in [0.4, 0.5) is 0 Å². The van der Waals surface area contributed by atoms with E-state index in [4.69, 9.17) is 4.74 Å². The fourth-order valence-corrected chi connectivity index (χ4v) is 2.98. The van der Waals surface area contributed by atoms with Crippen LogP contribution < -0.4 is 10.1 Å². The normalized spacial score (nSPS) is 12.0. The Kier molecular flexibility index (Phi) is 6.82. The van der Waals surface area contributed by atoms with Crippen LogP contribution in [-0.4, -0.2) is 31.5 Å². The van der Waals surface area contributed by atoms with Crippen molar-refractivity contribution in [2.75, 3.05) is 20.7 Å². The van der Waals surface area contributed by atoms with Gasteiger partial charge in [0.2, 0.25) is 5.91 Å². The first-order valence-corrected chi connectivity index (χ1v) is 8.64. The van der Waals surface area contributed by atoms with Crippen LogP contribution in [0.3, 0.4) is 0 Å². The molecule has 1 amide bonds. The van der Waals surface area contributed by atoms with Gasteiger partial charge in [0, 0.05) is 16.6 Å². The summed E-state index contributed by atoms with van der Waals surface area (Å²) in [6, 6.07) is 15.8. The molecule has 0 bridgehead atoms. The van der Waals surface area contributed by atoms with Crippen molar-refractivity contribution >= 4 is 21.8 Å². The summed E-state index contributed by atoms with van der Waals surface area (Å²) >= 11 is 3.47. The molecule has 24 heavy (non-hydrogen) atoms. The van der Waals surface area contributed by atoms with Gasteiger partial charge >= 0.3 is 0 Å². The highest BCUT2D eigenvalue weighted by atomic mass is 79.9. The average Bonchev–Trinajstić information content (AvgIpc) is 2.55. The number of hydrogen-bond acceptors (Lipinski definition) is 3. The summed E-state index contributed by atoms with van der Waals surface area (Å²) in [4.78, 5) is 14.2. The van der Waals surface area contributed by atoms with E-state index in [1.165, 1.54) is 0 Å². The molecule has 0 saturated carbocycles. The molecule has 1 unspecified atom stereocenters. The number of halogens is 1. The monoisotopic (exact) mass is 390 g/mol. The average molecular weight is 391 g/mol. The van der Waals surface area contributed by atoms with E-state index in [1.807, 2.05) is 67.4 Å². The largest absolute Gasteiger partial charge is 0.496 e. The van der Waals surface area contributed by atoms with Gasteiger partial charge in [-0.15, -0.1) is 0 Å². The number of ether oxygens (including phenoxy) is 1. The van der Waals surface area contributed by atoms with Crippen molar-refractivity contribution in [2.45, 2.75) is 19.5 Å². The molecule has 0 aliphatic rings. The molecule has 0 fully saturated rings. The molecule has 0 radical (unpaired) electrons. The summed E-state index contributed by atoms with van der Waals surface area (Å²) in [5, 5.41) is 3.03. The van der Waals surface area contributed by atoms with Gasteiger partial charge in [-0.1, -0.05) is 46.3 Å². The zero-order valence-corrected chi connectivity index (χ0v) is 15.8. The summed E-state index contributed by atoms with van der Waals surface area (Å²) in [6.07, 6.45) is 0. The molecule has 2 aromatic carbocycles. The molecule has 2 aromatic rings. The molecule has 0 aromatic heterocycles. The lowest BCUT2D eigenvalue weighted by Gasteiger charge is -2.20. The molecule has 128 valence electrons. The predicted molar refractivity (Wildman–Crippen MR) is 100 cm³/mol. The van der Waals surface area contributed by atoms with E-state index >= 15 is 0 Å². The van der Waals surface area contributed by atoms with Gasteiger partial charge in [0.05, 0.1) is 19.7 Å². The van der Waals surface area contributed by atoms with Gasteiger partial charge in [-0.05, 0) is 37.7 Å². The van der Waals surface area contributed by atoms with E-state index < -0.39 is 0 Å². The van der Waals surface area contributed by atoms with Crippen molar-refractivity contribution < 1.29 is 9.53 Å². The summed E-state index contributed by atoms with van der Waals surface area (Å²) in [7, 11) is 3.58. The fourth-order valence-electron chi connectivity index (χ4n) is 2.57. The van der Waals surface area contributed by atoms with Crippen LogP contribution >= 0.6 is 15.9 Å². The van der Waals surface area contributed by atoms with Crippen LogP contribution in [0.5, 0.6) is 5.75 Å². The van der Waals surface area contributed by atoms with Crippen LogP contribution in [0.25, 0.3) is 0 Å². The summed E-state index contributed by atoms with van der Waals surface area (Å²) in [5.41, 5.74) is 2.14. The minimum atomic E-state index is -0.00694. The molecular formula is C19H23BrN2O2. The van der Waals surface area contributed by atoms with Crippen molar-refractivity contribution in [3.05, 3.63) is 64.1 Å². The fraction of sp³-hybridized carbons (Fsp3) is 0.316. The van der Waals surface area contributed by atoms with E-state index in [9.17, 15) is 4.79 Å². The van der Waals surface area contributed by atoms with Crippen LogP contribution in [0.1, 0.15) is 24.1 Å². The third-order valence-electron chi connectivity index (χ3n) is 3.77. The quantitative estimate of drug-likeness (QED) is 0.782.